The van der Waals surface area contributed by atoms with Crippen molar-refractivity contribution in [3.63, 3.8) is 0 Å². The van der Waals surface area contributed by atoms with Crippen LogP contribution in [0.3, 0.4) is 0 Å². The molecule has 0 aromatic carbocycles. The first-order valence-electron chi connectivity index (χ1n) is 9.07. The summed E-state index contributed by atoms with van der Waals surface area (Å²) in [6.45, 7) is 7.25. The second-order valence-corrected chi connectivity index (χ2v) is 7.67. The predicted molar refractivity (Wildman–Crippen MR) is 87.4 cm³/mol. The van der Waals surface area contributed by atoms with Gasteiger partial charge >= 0.3 is 0 Å². The molecule has 2 aliphatic rings. The molecular weight excluding hydrogens is 244 g/mol. The Morgan fingerprint density at radius 3 is 1.55 bits per heavy atom. The second kappa shape index (κ2) is 7.26. The van der Waals surface area contributed by atoms with Crippen molar-refractivity contribution in [2.75, 3.05) is 0 Å². The highest BCUT2D eigenvalue weighted by molar-refractivity contribution is 4.91. The highest BCUT2D eigenvalue weighted by Gasteiger charge is 2.39. The second-order valence-electron chi connectivity index (χ2n) is 7.67. The van der Waals surface area contributed by atoms with E-state index < -0.39 is 0 Å². The SMILES string of the molecule is CCC1CC(N)CCC1C(C)C1CCC(N)CC1CC. The molecule has 0 bridgehead atoms. The van der Waals surface area contributed by atoms with Crippen molar-refractivity contribution in [3.8, 4) is 0 Å². The van der Waals surface area contributed by atoms with Crippen LogP contribution >= 0.6 is 0 Å². The molecule has 118 valence electrons. The Morgan fingerprint density at radius 1 is 0.800 bits per heavy atom. The predicted octanol–water partition coefficient (Wildman–Crippen LogP) is 3.93. The normalized spacial score (nSPS) is 44.2. The number of nitrogens with two attached hydrogens (primary N) is 2. The summed E-state index contributed by atoms with van der Waals surface area (Å²) in [6, 6.07) is 0.926. The molecule has 0 aliphatic heterocycles. The summed E-state index contributed by atoms with van der Waals surface area (Å²) in [5.74, 6) is 4.41. The van der Waals surface area contributed by atoms with Crippen LogP contribution in [0.2, 0.25) is 0 Å². The van der Waals surface area contributed by atoms with Crippen LogP contribution in [0.5, 0.6) is 0 Å². The van der Waals surface area contributed by atoms with Gasteiger partial charge in [-0.25, -0.2) is 0 Å². The smallest absolute Gasteiger partial charge is 0.00416 e. The largest absolute Gasteiger partial charge is 0.328 e. The molecule has 2 heteroatoms. The van der Waals surface area contributed by atoms with E-state index in [9.17, 15) is 0 Å². The van der Waals surface area contributed by atoms with Crippen molar-refractivity contribution in [1.82, 2.24) is 0 Å². The van der Waals surface area contributed by atoms with Crippen molar-refractivity contribution in [1.29, 1.82) is 0 Å². The van der Waals surface area contributed by atoms with Gasteiger partial charge in [-0.3, -0.25) is 0 Å². The van der Waals surface area contributed by atoms with E-state index in [1.165, 1.54) is 51.4 Å². The fourth-order valence-corrected chi connectivity index (χ4v) is 5.29. The van der Waals surface area contributed by atoms with Crippen LogP contribution < -0.4 is 11.5 Å². The molecule has 0 aromatic heterocycles. The van der Waals surface area contributed by atoms with Crippen LogP contribution in [0.4, 0.5) is 0 Å². The van der Waals surface area contributed by atoms with E-state index in [1.807, 2.05) is 0 Å². The Kier molecular flexibility index (Phi) is 5.92. The van der Waals surface area contributed by atoms with Crippen molar-refractivity contribution >= 4 is 0 Å². The molecule has 0 aromatic rings. The van der Waals surface area contributed by atoms with Gasteiger partial charge in [0, 0.05) is 12.1 Å². The summed E-state index contributed by atoms with van der Waals surface area (Å²) >= 11 is 0. The first kappa shape index (κ1) is 16.3. The fourth-order valence-electron chi connectivity index (χ4n) is 5.29. The first-order chi connectivity index (χ1) is 9.56. The summed E-state index contributed by atoms with van der Waals surface area (Å²) in [5.41, 5.74) is 12.4. The van der Waals surface area contributed by atoms with Gasteiger partial charge in [-0.15, -0.1) is 0 Å². The van der Waals surface area contributed by atoms with Crippen LogP contribution in [0.25, 0.3) is 0 Å². The molecule has 20 heavy (non-hydrogen) atoms. The van der Waals surface area contributed by atoms with Gasteiger partial charge in [0.05, 0.1) is 0 Å². The quantitative estimate of drug-likeness (QED) is 0.820. The van der Waals surface area contributed by atoms with Gasteiger partial charge < -0.3 is 11.5 Å². The molecule has 4 N–H and O–H groups in total. The van der Waals surface area contributed by atoms with E-state index >= 15 is 0 Å². The summed E-state index contributed by atoms with van der Waals surface area (Å²) in [5, 5.41) is 0. The molecule has 0 heterocycles. The number of hydrogen-bond acceptors (Lipinski definition) is 2. The minimum Gasteiger partial charge on any atom is -0.328 e. The first-order valence-corrected chi connectivity index (χ1v) is 9.07. The molecule has 6 atom stereocenters. The Morgan fingerprint density at radius 2 is 1.20 bits per heavy atom. The molecule has 2 aliphatic carbocycles. The third-order valence-corrected chi connectivity index (χ3v) is 6.56. The minimum atomic E-state index is 0.463. The molecule has 2 fully saturated rings. The van der Waals surface area contributed by atoms with Crippen molar-refractivity contribution in [3.05, 3.63) is 0 Å². The number of rotatable bonds is 4. The third-order valence-electron chi connectivity index (χ3n) is 6.56. The van der Waals surface area contributed by atoms with Crippen LogP contribution in [0.15, 0.2) is 0 Å². The zero-order chi connectivity index (χ0) is 14.7. The maximum absolute atomic E-state index is 6.20. The summed E-state index contributed by atoms with van der Waals surface area (Å²) < 4.78 is 0. The van der Waals surface area contributed by atoms with E-state index in [4.69, 9.17) is 11.5 Å². The molecule has 0 saturated heterocycles. The van der Waals surface area contributed by atoms with Crippen LogP contribution in [-0.4, -0.2) is 12.1 Å². The Labute approximate surface area is 126 Å². The van der Waals surface area contributed by atoms with Crippen LogP contribution in [0.1, 0.15) is 72.1 Å². The Bertz CT molecular complexity index is 263. The topological polar surface area (TPSA) is 52.0 Å². The Balaban J connectivity index is 2.03. The van der Waals surface area contributed by atoms with Crippen molar-refractivity contribution in [2.45, 2.75) is 84.2 Å². The monoisotopic (exact) mass is 280 g/mol. The molecule has 2 nitrogen and oxygen atoms in total. The van der Waals surface area contributed by atoms with Crippen LogP contribution in [-0.2, 0) is 0 Å². The lowest BCUT2D eigenvalue weighted by molar-refractivity contribution is 0.0591. The zero-order valence-electron chi connectivity index (χ0n) is 13.9. The fraction of sp³-hybridized carbons (Fsp3) is 1.00. The summed E-state index contributed by atoms with van der Waals surface area (Å²) in [6.07, 6.45) is 10.4. The van der Waals surface area contributed by atoms with E-state index in [-0.39, 0.29) is 0 Å². The zero-order valence-corrected chi connectivity index (χ0v) is 13.9. The Hall–Kier alpha value is -0.0800. The molecule has 2 saturated carbocycles. The maximum atomic E-state index is 6.20. The van der Waals surface area contributed by atoms with Gasteiger partial charge in [-0.2, -0.15) is 0 Å². The minimum absolute atomic E-state index is 0.463. The van der Waals surface area contributed by atoms with Gasteiger partial charge in [0.25, 0.3) is 0 Å². The lowest BCUT2D eigenvalue weighted by Gasteiger charge is -2.45. The summed E-state index contributed by atoms with van der Waals surface area (Å²) in [7, 11) is 0. The molecule has 0 radical (unpaired) electrons. The third kappa shape index (κ3) is 3.57. The van der Waals surface area contributed by atoms with Gasteiger partial charge in [0.1, 0.15) is 0 Å². The summed E-state index contributed by atoms with van der Waals surface area (Å²) in [4.78, 5) is 0. The van der Waals surface area contributed by atoms with E-state index in [1.54, 1.807) is 0 Å². The van der Waals surface area contributed by atoms with Crippen molar-refractivity contribution < 1.29 is 0 Å². The van der Waals surface area contributed by atoms with Crippen molar-refractivity contribution in [2.24, 2.45) is 41.1 Å². The maximum Gasteiger partial charge on any atom is 0.00416 e. The lowest BCUT2D eigenvalue weighted by atomic mass is 9.61. The standard InChI is InChI=1S/C18H36N2/c1-4-13-10-15(19)6-8-17(13)12(3)18-9-7-16(20)11-14(18)5-2/h12-18H,4-11,19-20H2,1-3H3. The molecule has 0 amide bonds. The number of hydrogen-bond donors (Lipinski definition) is 2. The van der Waals surface area contributed by atoms with Gasteiger partial charge in [-0.05, 0) is 68.1 Å². The molecule has 0 spiro atoms. The average molecular weight is 281 g/mol. The van der Waals surface area contributed by atoms with E-state index in [2.05, 4.69) is 20.8 Å². The van der Waals surface area contributed by atoms with E-state index in [0.29, 0.717) is 12.1 Å². The van der Waals surface area contributed by atoms with E-state index in [0.717, 1.165) is 29.6 Å². The highest BCUT2D eigenvalue weighted by Crippen LogP contribution is 2.45. The van der Waals surface area contributed by atoms with Gasteiger partial charge in [0.15, 0.2) is 0 Å². The van der Waals surface area contributed by atoms with Crippen LogP contribution in [0, 0.1) is 29.6 Å². The molecule has 6 unspecified atom stereocenters. The highest BCUT2D eigenvalue weighted by atomic mass is 14.7. The molecule has 2 rings (SSSR count). The molecular formula is C18H36N2. The lowest BCUT2D eigenvalue weighted by Crippen LogP contribution is -2.42. The van der Waals surface area contributed by atoms with Gasteiger partial charge in [-0.1, -0.05) is 33.6 Å². The van der Waals surface area contributed by atoms with Gasteiger partial charge in [0.2, 0.25) is 0 Å². The average Bonchev–Trinajstić information content (AvgIpc) is 2.46.